The van der Waals surface area contributed by atoms with E-state index in [9.17, 15) is 9.59 Å². The van der Waals surface area contributed by atoms with E-state index < -0.39 is 0 Å². The van der Waals surface area contributed by atoms with Crippen molar-refractivity contribution < 1.29 is 14.7 Å². The van der Waals surface area contributed by atoms with Crippen molar-refractivity contribution in [1.29, 1.82) is 0 Å². The minimum Gasteiger partial charge on any atom is -0.396 e. The quantitative estimate of drug-likeness (QED) is 0.881. The van der Waals surface area contributed by atoms with Crippen LogP contribution in [0.25, 0.3) is 0 Å². The second-order valence-corrected chi connectivity index (χ2v) is 5.64. The third-order valence-electron chi connectivity index (χ3n) is 3.71. The van der Waals surface area contributed by atoms with Crippen LogP contribution in [0.5, 0.6) is 0 Å². The second kappa shape index (κ2) is 7.43. The Morgan fingerprint density at radius 3 is 2.67 bits per heavy atom. The summed E-state index contributed by atoms with van der Waals surface area (Å²) in [5.74, 6) is -0.118. The van der Waals surface area contributed by atoms with Crippen LogP contribution in [0.15, 0.2) is 24.3 Å². The SMILES string of the molecule is O=C(NCC(=O)N1CCC(CO)CC1)c1cccc(Cl)c1. The molecule has 2 amide bonds. The summed E-state index contributed by atoms with van der Waals surface area (Å²) < 4.78 is 0. The summed E-state index contributed by atoms with van der Waals surface area (Å²) in [4.78, 5) is 25.7. The van der Waals surface area contributed by atoms with Crippen LogP contribution in [0.1, 0.15) is 23.2 Å². The highest BCUT2D eigenvalue weighted by molar-refractivity contribution is 6.30. The topological polar surface area (TPSA) is 69.6 Å². The van der Waals surface area contributed by atoms with Crippen LogP contribution in [-0.4, -0.2) is 48.1 Å². The molecule has 21 heavy (non-hydrogen) atoms. The Bertz CT molecular complexity index is 513. The minimum absolute atomic E-state index is 0.0187. The van der Waals surface area contributed by atoms with Crippen LogP contribution in [-0.2, 0) is 4.79 Å². The number of halogens is 1. The van der Waals surface area contributed by atoms with E-state index in [1.54, 1.807) is 29.2 Å². The average molecular weight is 311 g/mol. The highest BCUT2D eigenvalue weighted by Gasteiger charge is 2.22. The van der Waals surface area contributed by atoms with Crippen LogP contribution in [0, 0.1) is 5.92 Å². The van der Waals surface area contributed by atoms with Gasteiger partial charge in [0.25, 0.3) is 5.91 Å². The number of aliphatic hydroxyl groups is 1. The largest absolute Gasteiger partial charge is 0.396 e. The van der Waals surface area contributed by atoms with Crippen molar-refractivity contribution >= 4 is 23.4 Å². The molecule has 1 fully saturated rings. The summed E-state index contributed by atoms with van der Waals surface area (Å²) in [5.41, 5.74) is 0.439. The van der Waals surface area contributed by atoms with E-state index in [0.717, 1.165) is 12.8 Å². The molecular weight excluding hydrogens is 292 g/mol. The van der Waals surface area contributed by atoms with Gasteiger partial charge >= 0.3 is 0 Å². The molecule has 0 bridgehead atoms. The maximum Gasteiger partial charge on any atom is 0.251 e. The van der Waals surface area contributed by atoms with E-state index in [2.05, 4.69) is 5.32 Å². The maximum atomic E-state index is 12.0. The van der Waals surface area contributed by atoms with Crippen molar-refractivity contribution in [2.75, 3.05) is 26.2 Å². The molecule has 1 aromatic carbocycles. The van der Waals surface area contributed by atoms with Crippen molar-refractivity contribution in [3.8, 4) is 0 Å². The Hall–Kier alpha value is -1.59. The molecule has 0 aliphatic carbocycles. The zero-order chi connectivity index (χ0) is 15.2. The number of aliphatic hydroxyl groups excluding tert-OH is 1. The smallest absolute Gasteiger partial charge is 0.251 e. The molecule has 0 atom stereocenters. The van der Waals surface area contributed by atoms with Gasteiger partial charge in [0.15, 0.2) is 0 Å². The van der Waals surface area contributed by atoms with Crippen LogP contribution < -0.4 is 5.32 Å². The normalized spacial score (nSPS) is 15.8. The molecular formula is C15H19ClN2O3. The zero-order valence-corrected chi connectivity index (χ0v) is 12.5. The van der Waals surface area contributed by atoms with Crippen molar-refractivity contribution in [3.63, 3.8) is 0 Å². The first-order valence-corrected chi connectivity index (χ1v) is 7.40. The van der Waals surface area contributed by atoms with Gasteiger partial charge in [-0.2, -0.15) is 0 Å². The minimum atomic E-state index is -0.309. The van der Waals surface area contributed by atoms with Crippen LogP contribution in [0.4, 0.5) is 0 Å². The van der Waals surface area contributed by atoms with Gasteiger partial charge in [0.2, 0.25) is 5.91 Å². The number of nitrogens with zero attached hydrogens (tertiary/aromatic N) is 1. The lowest BCUT2D eigenvalue weighted by Gasteiger charge is -2.31. The zero-order valence-electron chi connectivity index (χ0n) is 11.7. The number of nitrogens with one attached hydrogen (secondary N) is 1. The Morgan fingerprint density at radius 2 is 2.05 bits per heavy atom. The molecule has 6 heteroatoms. The van der Waals surface area contributed by atoms with E-state index in [1.165, 1.54) is 0 Å². The molecule has 1 saturated heterocycles. The molecule has 1 aliphatic heterocycles. The summed E-state index contributed by atoms with van der Waals surface area (Å²) in [5, 5.41) is 12.2. The number of hydrogen-bond donors (Lipinski definition) is 2. The van der Waals surface area contributed by atoms with Crippen molar-refractivity contribution in [1.82, 2.24) is 10.2 Å². The molecule has 0 saturated carbocycles. The summed E-state index contributed by atoms with van der Waals surface area (Å²) in [6, 6.07) is 6.60. The van der Waals surface area contributed by atoms with Crippen molar-refractivity contribution in [2.45, 2.75) is 12.8 Å². The molecule has 0 unspecified atom stereocenters. The number of hydrogen-bond acceptors (Lipinski definition) is 3. The Labute approximate surface area is 128 Å². The molecule has 114 valence electrons. The van der Waals surface area contributed by atoms with Crippen molar-refractivity contribution in [2.24, 2.45) is 5.92 Å². The standard InChI is InChI=1S/C15H19ClN2O3/c16-13-3-1-2-12(8-13)15(21)17-9-14(20)18-6-4-11(10-19)5-7-18/h1-3,8,11,19H,4-7,9-10H2,(H,17,21). The molecule has 0 radical (unpaired) electrons. The van der Waals surface area contributed by atoms with E-state index in [1.807, 2.05) is 0 Å². The monoisotopic (exact) mass is 310 g/mol. The van der Waals surface area contributed by atoms with E-state index in [0.29, 0.717) is 23.7 Å². The number of rotatable bonds is 4. The van der Waals surface area contributed by atoms with Gasteiger partial charge in [-0.1, -0.05) is 17.7 Å². The molecule has 5 nitrogen and oxygen atoms in total. The number of amides is 2. The molecule has 2 rings (SSSR count). The summed E-state index contributed by atoms with van der Waals surface area (Å²) >= 11 is 5.83. The van der Waals surface area contributed by atoms with E-state index in [4.69, 9.17) is 16.7 Å². The Balaban J connectivity index is 1.80. The lowest BCUT2D eigenvalue weighted by Crippen LogP contribution is -2.44. The third-order valence-corrected chi connectivity index (χ3v) is 3.95. The van der Waals surface area contributed by atoms with E-state index in [-0.39, 0.29) is 30.9 Å². The van der Waals surface area contributed by atoms with Crippen LogP contribution >= 0.6 is 11.6 Å². The summed E-state index contributed by atoms with van der Waals surface area (Å²) in [6.07, 6.45) is 1.62. The molecule has 1 heterocycles. The molecule has 1 aromatic rings. The first-order valence-electron chi connectivity index (χ1n) is 7.02. The Morgan fingerprint density at radius 1 is 1.33 bits per heavy atom. The third kappa shape index (κ3) is 4.44. The van der Waals surface area contributed by atoms with Gasteiger partial charge in [-0.25, -0.2) is 0 Å². The molecule has 1 aliphatic rings. The summed E-state index contributed by atoms with van der Waals surface area (Å²) in [7, 11) is 0. The van der Waals surface area contributed by atoms with Crippen LogP contribution in [0.3, 0.4) is 0 Å². The number of carbonyl (C=O) groups excluding carboxylic acids is 2. The van der Waals surface area contributed by atoms with Gasteiger partial charge in [0.05, 0.1) is 6.54 Å². The molecule has 0 aromatic heterocycles. The fourth-order valence-electron chi connectivity index (χ4n) is 2.36. The predicted octanol–water partition coefficient (Wildman–Crippen LogP) is 1.30. The number of piperidine rings is 1. The molecule has 0 spiro atoms. The van der Waals surface area contributed by atoms with E-state index >= 15 is 0 Å². The first kappa shape index (κ1) is 15.8. The Kier molecular flexibility index (Phi) is 5.59. The second-order valence-electron chi connectivity index (χ2n) is 5.20. The number of likely N-dealkylation sites (tertiary alicyclic amines) is 1. The van der Waals surface area contributed by atoms with Gasteiger partial charge < -0.3 is 15.3 Å². The van der Waals surface area contributed by atoms with Gasteiger partial charge in [-0.15, -0.1) is 0 Å². The highest BCUT2D eigenvalue weighted by atomic mass is 35.5. The van der Waals surface area contributed by atoms with Gasteiger partial charge in [-0.3, -0.25) is 9.59 Å². The van der Waals surface area contributed by atoms with Crippen LogP contribution in [0.2, 0.25) is 5.02 Å². The van der Waals surface area contributed by atoms with Gasteiger partial charge in [0.1, 0.15) is 0 Å². The summed E-state index contributed by atoms with van der Waals surface area (Å²) in [6.45, 7) is 1.43. The predicted molar refractivity (Wildman–Crippen MR) is 80.2 cm³/mol. The van der Waals surface area contributed by atoms with Crippen molar-refractivity contribution in [3.05, 3.63) is 34.9 Å². The average Bonchev–Trinajstić information content (AvgIpc) is 2.52. The number of carbonyl (C=O) groups is 2. The maximum absolute atomic E-state index is 12.0. The highest BCUT2D eigenvalue weighted by Crippen LogP contribution is 2.16. The van der Waals surface area contributed by atoms with Gasteiger partial charge in [-0.05, 0) is 37.0 Å². The fraction of sp³-hybridized carbons (Fsp3) is 0.467. The first-order chi connectivity index (χ1) is 10.1. The lowest BCUT2D eigenvalue weighted by atomic mass is 9.98. The van der Waals surface area contributed by atoms with Gasteiger partial charge in [0, 0.05) is 30.3 Å². The number of benzene rings is 1. The lowest BCUT2D eigenvalue weighted by molar-refractivity contribution is -0.131. The fourth-order valence-corrected chi connectivity index (χ4v) is 2.55. The molecule has 2 N–H and O–H groups in total.